The summed E-state index contributed by atoms with van der Waals surface area (Å²) in [6, 6.07) is 6.20. The van der Waals surface area contributed by atoms with Crippen LogP contribution < -0.4 is 10.5 Å². The van der Waals surface area contributed by atoms with Crippen molar-refractivity contribution < 1.29 is 14.3 Å². The normalized spacial score (nSPS) is 34.1. The highest BCUT2D eigenvalue weighted by molar-refractivity contribution is 5.64. The van der Waals surface area contributed by atoms with E-state index < -0.39 is 6.16 Å². The molecule has 2 aliphatic carbocycles. The summed E-state index contributed by atoms with van der Waals surface area (Å²) in [5, 5.41) is 0. The zero-order valence-electron chi connectivity index (χ0n) is 12.8. The van der Waals surface area contributed by atoms with Gasteiger partial charge in [0.1, 0.15) is 5.75 Å². The zero-order valence-corrected chi connectivity index (χ0v) is 12.8. The largest absolute Gasteiger partial charge is 0.513 e. The summed E-state index contributed by atoms with van der Waals surface area (Å²) in [6.07, 6.45) is 7.28. The van der Waals surface area contributed by atoms with Crippen LogP contribution in [0.5, 0.6) is 5.75 Å². The Balaban J connectivity index is 1.87. The van der Waals surface area contributed by atoms with Gasteiger partial charge in [-0.1, -0.05) is 25.3 Å². The first-order chi connectivity index (χ1) is 10.7. The van der Waals surface area contributed by atoms with Gasteiger partial charge in [-0.15, -0.1) is 0 Å². The van der Waals surface area contributed by atoms with E-state index in [1.54, 1.807) is 0 Å². The van der Waals surface area contributed by atoms with Gasteiger partial charge < -0.3 is 15.2 Å². The zero-order chi connectivity index (χ0) is 15.2. The lowest BCUT2D eigenvalue weighted by molar-refractivity contribution is 0.0822. The van der Waals surface area contributed by atoms with Crippen LogP contribution in [0.3, 0.4) is 0 Å². The third-order valence-electron chi connectivity index (χ3n) is 5.91. The molecule has 0 radical (unpaired) electrons. The second-order valence-electron chi connectivity index (χ2n) is 7.01. The highest BCUT2D eigenvalue weighted by Gasteiger charge is 2.47. The minimum absolute atomic E-state index is 0.0668. The van der Waals surface area contributed by atoms with E-state index in [9.17, 15) is 4.79 Å². The van der Waals surface area contributed by atoms with Crippen molar-refractivity contribution in [3.8, 4) is 5.75 Å². The van der Waals surface area contributed by atoms with Crippen molar-refractivity contribution in [2.45, 2.75) is 56.4 Å². The summed E-state index contributed by atoms with van der Waals surface area (Å²) in [5.41, 5.74) is 9.39. The molecule has 1 aliphatic heterocycles. The highest BCUT2D eigenvalue weighted by atomic mass is 16.7. The molecule has 1 fully saturated rings. The quantitative estimate of drug-likeness (QED) is 0.590. The van der Waals surface area contributed by atoms with Crippen LogP contribution in [0.1, 0.15) is 49.7 Å². The van der Waals surface area contributed by atoms with Crippen LogP contribution in [0.15, 0.2) is 18.2 Å². The van der Waals surface area contributed by atoms with Crippen LogP contribution in [0.2, 0.25) is 0 Å². The molecule has 4 nitrogen and oxygen atoms in total. The van der Waals surface area contributed by atoms with Crippen LogP contribution >= 0.6 is 0 Å². The Morgan fingerprint density at radius 1 is 1.18 bits per heavy atom. The summed E-state index contributed by atoms with van der Waals surface area (Å²) >= 11 is 0. The molecular weight excluding hydrogens is 278 g/mol. The van der Waals surface area contributed by atoms with Crippen molar-refractivity contribution in [3.05, 3.63) is 29.3 Å². The summed E-state index contributed by atoms with van der Waals surface area (Å²) in [7, 11) is 0. The average Bonchev–Trinajstić information content (AvgIpc) is 2.56. The van der Waals surface area contributed by atoms with E-state index in [0.717, 1.165) is 19.3 Å². The van der Waals surface area contributed by atoms with Gasteiger partial charge in [0.2, 0.25) is 0 Å². The Bertz CT molecular complexity index is 600. The molecule has 4 bridgehead atoms. The molecule has 4 rings (SSSR count). The summed E-state index contributed by atoms with van der Waals surface area (Å²) in [6.45, 7) is 0.386. The fourth-order valence-electron chi connectivity index (χ4n) is 4.78. The topological polar surface area (TPSA) is 61.5 Å². The molecule has 3 aliphatic rings. The molecule has 0 aromatic heterocycles. The summed E-state index contributed by atoms with van der Waals surface area (Å²) in [5.74, 6) is 1.12. The first kappa shape index (κ1) is 14.1. The van der Waals surface area contributed by atoms with Gasteiger partial charge in [0.25, 0.3) is 0 Å². The molecule has 1 aromatic rings. The van der Waals surface area contributed by atoms with Gasteiger partial charge in [-0.25, -0.2) is 4.79 Å². The van der Waals surface area contributed by atoms with Crippen molar-refractivity contribution in [2.24, 2.45) is 11.7 Å². The van der Waals surface area contributed by atoms with Gasteiger partial charge >= 0.3 is 6.16 Å². The van der Waals surface area contributed by atoms with Crippen LogP contribution in [0.25, 0.3) is 0 Å². The number of benzene rings is 1. The minimum Gasteiger partial charge on any atom is -0.434 e. The average molecular weight is 301 g/mol. The van der Waals surface area contributed by atoms with E-state index in [1.165, 1.54) is 36.8 Å². The Morgan fingerprint density at radius 2 is 2.09 bits per heavy atom. The molecule has 1 aromatic carbocycles. The van der Waals surface area contributed by atoms with E-state index in [2.05, 4.69) is 6.07 Å². The predicted molar refractivity (Wildman–Crippen MR) is 83.0 cm³/mol. The Labute approximate surface area is 131 Å². The smallest absolute Gasteiger partial charge is 0.434 e. The molecule has 4 heteroatoms. The van der Waals surface area contributed by atoms with Gasteiger partial charge in [-0.2, -0.15) is 0 Å². The number of hydrogen-bond acceptors (Lipinski definition) is 4. The van der Waals surface area contributed by atoms with Crippen LogP contribution in [-0.4, -0.2) is 18.8 Å². The lowest BCUT2D eigenvalue weighted by atomic mass is 9.57. The molecular formula is C18H23NO3. The number of carbonyl (C=O) groups excluding carboxylic acids is 1. The maximum Gasteiger partial charge on any atom is 0.513 e. The molecule has 1 heterocycles. The molecule has 1 saturated carbocycles. The molecule has 118 valence electrons. The molecule has 0 amide bonds. The second kappa shape index (κ2) is 5.27. The van der Waals surface area contributed by atoms with Crippen molar-refractivity contribution >= 4 is 6.16 Å². The second-order valence-corrected chi connectivity index (χ2v) is 7.01. The van der Waals surface area contributed by atoms with E-state index >= 15 is 0 Å². The first-order valence-corrected chi connectivity index (χ1v) is 8.43. The summed E-state index contributed by atoms with van der Waals surface area (Å²) in [4.78, 5) is 11.7. The minimum atomic E-state index is -0.606. The van der Waals surface area contributed by atoms with Gasteiger partial charge in [0.15, 0.2) is 0 Å². The lowest BCUT2D eigenvalue weighted by Gasteiger charge is -2.49. The number of carbonyl (C=O) groups is 1. The van der Waals surface area contributed by atoms with E-state index in [0.29, 0.717) is 18.3 Å². The fourth-order valence-corrected chi connectivity index (χ4v) is 4.78. The molecule has 2 N–H and O–H groups in total. The maximum absolute atomic E-state index is 11.7. The Morgan fingerprint density at radius 3 is 3.00 bits per heavy atom. The molecule has 0 saturated heterocycles. The molecule has 0 unspecified atom stereocenters. The van der Waals surface area contributed by atoms with Gasteiger partial charge in [-0.05, 0) is 54.9 Å². The van der Waals surface area contributed by atoms with Crippen molar-refractivity contribution in [1.82, 2.24) is 0 Å². The van der Waals surface area contributed by atoms with Crippen molar-refractivity contribution in [2.75, 3.05) is 6.61 Å². The summed E-state index contributed by atoms with van der Waals surface area (Å²) < 4.78 is 10.5. The molecule has 3 atom stereocenters. The Hall–Kier alpha value is -1.55. The maximum atomic E-state index is 11.7. The monoisotopic (exact) mass is 301 g/mol. The number of nitrogens with two attached hydrogens (primary N) is 1. The molecule has 22 heavy (non-hydrogen) atoms. The van der Waals surface area contributed by atoms with Gasteiger partial charge in [0, 0.05) is 11.5 Å². The Kier molecular flexibility index (Phi) is 3.37. The lowest BCUT2D eigenvalue weighted by Crippen LogP contribution is -2.55. The van der Waals surface area contributed by atoms with E-state index in [1.807, 2.05) is 12.1 Å². The van der Waals surface area contributed by atoms with Crippen LogP contribution in [0.4, 0.5) is 4.79 Å². The standard InChI is InChI=1S/C18H23NO3/c19-16-13-4-2-1-3-7-18(16)8-9-21-17(20)22-14-6-5-12(10-13)15(18)11-14/h5-6,11,13,16H,1-4,7-10,19H2/t13-,16-,18-/m0/s1. The molecule has 1 spiro atoms. The van der Waals surface area contributed by atoms with Crippen molar-refractivity contribution in [1.29, 1.82) is 0 Å². The number of cyclic esters (lactones) is 1. The van der Waals surface area contributed by atoms with Crippen LogP contribution in [-0.2, 0) is 16.6 Å². The van der Waals surface area contributed by atoms with E-state index in [4.69, 9.17) is 15.2 Å². The van der Waals surface area contributed by atoms with E-state index in [-0.39, 0.29) is 11.5 Å². The number of hydrogen-bond donors (Lipinski definition) is 1. The third-order valence-corrected chi connectivity index (χ3v) is 5.91. The van der Waals surface area contributed by atoms with Crippen molar-refractivity contribution in [3.63, 3.8) is 0 Å². The van der Waals surface area contributed by atoms with Crippen LogP contribution in [0, 0.1) is 5.92 Å². The highest BCUT2D eigenvalue weighted by Crippen LogP contribution is 2.49. The van der Waals surface area contributed by atoms with Gasteiger partial charge in [-0.3, -0.25) is 0 Å². The number of fused-ring (bicyclic) bond motifs is 2. The first-order valence-electron chi connectivity index (χ1n) is 8.43. The predicted octanol–water partition coefficient (Wildman–Crippen LogP) is 3.31. The SMILES string of the molecule is N[C@H]1[C@H]2CCCCC[C@@]13CCOC(=O)Oc1ccc(c3c1)C2. The number of ether oxygens (including phenoxy) is 2. The fraction of sp³-hybridized carbons (Fsp3) is 0.611. The number of rotatable bonds is 0. The van der Waals surface area contributed by atoms with Gasteiger partial charge in [0.05, 0.1) is 6.61 Å². The third kappa shape index (κ3) is 2.12.